The number of para-hydroxylation sites is 1. The van der Waals surface area contributed by atoms with Crippen molar-refractivity contribution in [3.8, 4) is 0 Å². The van der Waals surface area contributed by atoms with Gasteiger partial charge in [-0.25, -0.2) is 0 Å². The monoisotopic (exact) mass is 291 g/mol. The fraction of sp³-hybridized carbons (Fsp3) is 0.562. The molecule has 5 nitrogen and oxygen atoms in total. The highest BCUT2D eigenvalue weighted by molar-refractivity contribution is 5.76. The number of hydrogen-bond donors (Lipinski definition) is 1. The molecule has 0 spiro atoms. The number of nitrogens with two attached hydrogens (primary N) is 1. The summed E-state index contributed by atoms with van der Waals surface area (Å²) in [6.07, 6.45) is 0.385. The molecular weight excluding hydrogens is 266 g/mol. The lowest BCUT2D eigenvalue weighted by atomic mass is 10.1. The quantitative estimate of drug-likeness (QED) is 0.886. The highest BCUT2D eigenvalue weighted by atomic mass is 16.5. The summed E-state index contributed by atoms with van der Waals surface area (Å²) in [5.41, 5.74) is 8.06. The van der Waals surface area contributed by atoms with E-state index in [1.54, 1.807) is 4.90 Å². The summed E-state index contributed by atoms with van der Waals surface area (Å²) >= 11 is 0. The molecule has 0 aromatic heterocycles. The molecular formula is C16H25N3O2. The Labute approximate surface area is 126 Å². The van der Waals surface area contributed by atoms with Crippen molar-refractivity contribution < 1.29 is 9.53 Å². The van der Waals surface area contributed by atoms with Gasteiger partial charge in [0, 0.05) is 44.8 Å². The number of carbonyl (C=O) groups is 1. The maximum Gasteiger partial charge on any atom is 0.224 e. The highest BCUT2D eigenvalue weighted by Gasteiger charge is 2.17. The second-order valence-corrected chi connectivity index (χ2v) is 5.66. The number of morpholine rings is 1. The van der Waals surface area contributed by atoms with E-state index in [-0.39, 0.29) is 11.9 Å². The predicted octanol–water partition coefficient (Wildman–Crippen LogP) is 1.22. The predicted molar refractivity (Wildman–Crippen MR) is 84.2 cm³/mol. The van der Waals surface area contributed by atoms with Crippen molar-refractivity contribution >= 4 is 11.6 Å². The summed E-state index contributed by atoms with van der Waals surface area (Å²) < 4.78 is 5.40. The van der Waals surface area contributed by atoms with Crippen LogP contribution in [0, 0.1) is 0 Å². The lowest BCUT2D eigenvalue weighted by Crippen LogP contribution is -2.37. The zero-order chi connectivity index (χ0) is 15.2. The average Bonchev–Trinajstić information content (AvgIpc) is 2.48. The van der Waals surface area contributed by atoms with Crippen LogP contribution in [-0.2, 0) is 16.1 Å². The van der Waals surface area contributed by atoms with Gasteiger partial charge in [0.25, 0.3) is 0 Å². The standard InChI is InChI=1S/C16H25N3O2/c1-13(17)11-16(20)18(2)12-14-5-3-4-6-15(14)19-7-9-21-10-8-19/h3-6,13H,7-12,17H2,1-2H3. The molecule has 1 heterocycles. The van der Waals surface area contributed by atoms with Crippen molar-refractivity contribution in [1.29, 1.82) is 0 Å². The highest BCUT2D eigenvalue weighted by Crippen LogP contribution is 2.22. The summed E-state index contributed by atoms with van der Waals surface area (Å²) in [6.45, 7) is 5.77. The number of ether oxygens (including phenoxy) is 1. The van der Waals surface area contributed by atoms with Gasteiger partial charge in [0.1, 0.15) is 0 Å². The van der Waals surface area contributed by atoms with E-state index in [1.807, 2.05) is 26.1 Å². The van der Waals surface area contributed by atoms with Gasteiger partial charge in [0.05, 0.1) is 13.2 Å². The van der Waals surface area contributed by atoms with E-state index in [4.69, 9.17) is 10.5 Å². The number of anilines is 1. The molecule has 1 unspecified atom stereocenters. The first-order valence-corrected chi connectivity index (χ1v) is 7.48. The van der Waals surface area contributed by atoms with E-state index < -0.39 is 0 Å². The van der Waals surface area contributed by atoms with Gasteiger partial charge in [0.15, 0.2) is 0 Å². The van der Waals surface area contributed by atoms with Crippen LogP contribution in [0.3, 0.4) is 0 Å². The van der Waals surface area contributed by atoms with Crippen molar-refractivity contribution in [3.63, 3.8) is 0 Å². The Balaban J connectivity index is 2.07. The lowest BCUT2D eigenvalue weighted by Gasteiger charge is -2.31. The first-order valence-electron chi connectivity index (χ1n) is 7.48. The topological polar surface area (TPSA) is 58.8 Å². The van der Waals surface area contributed by atoms with Crippen LogP contribution in [0.15, 0.2) is 24.3 Å². The first-order chi connectivity index (χ1) is 10.1. The van der Waals surface area contributed by atoms with Crippen molar-refractivity contribution in [2.75, 3.05) is 38.3 Å². The van der Waals surface area contributed by atoms with Crippen molar-refractivity contribution in [3.05, 3.63) is 29.8 Å². The lowest BCUT2D eigenvalue weighted by molar-refractivity contribution is -0.130. The number of rotatable bonds is 5. The maximum atomic E-state index is 12.1. The molecule has 1 saturated heterocycles. The van der Waals surface area contributed by atoms with E-state index in [2.05, 4.69) is 17.0 Å². The van der Waals surface area contributed by atoms with E-state index in [0.29, 0.717) is 13.0 Å². The number of carbonyl (C=O) groups excluding carboxylic acids is 1. The zero-order valence-electron chi connectivity index (χ0n) is 12.9. The van der Waals surface area contributed by atoms with Crippen LogP contribution in [0.1, 0.15) is 18.9 Å². The van der Waals surface area contributed by atoms with Crippen LogP contribution in [-0.4, -0.2) is 50.2 Å². The fourth-order valence-corrected chi connectivity index (χ4v) is 2.53. The smallest absolute Gasteiger partial charge is 0.224 e. The van der Waals surface area contributed by atoms with Crippen LogP contribution >= 0.6 is 0 Å². The molecule has 0 bridgehead atoms. The Morgan fingerprint density at radius 1 is 1.38 bits per heavy atom. The average molecular weight is 291 g/mol. The summed E-state index contributed by atoms with van der Waals surface area (Å²) in [6, 6.07) is 8.15. The molecule has 1 aliphatic rings. The molecule has 0 saturated carbocycles. The Morgan fingerprint density at radius 2 is 2.05 bits per heavy atom. The van der Waals surface area contributed by atoms with E-state index in [1.165, 1.54) is 11.3 Å². The number of hydrogen-bond acceptors (Lipinski definition) is 4. The molecule has 1 amide bonds. The molecule has 2 rings (SSSR count). The van der Waals surface area contributed by atoms with Gasteiger partial charge in [-0.1, -0.05) is 18.2 Å². The summed E-state index contributed by atoms with van der Waals surface area (Å²) in [5, 5.41) is 0. The first kappa shape index (κ1) is 15.8. The van der Waals surface area contributed by atoms with Crippen molar-refractivity contribution in [1.82, 2.24) is 4.90 Å². The molecule has 1 aromatic rings. The number of benzene rings is 1. The molecule has 5 heteroatoms. The minimum Gasteiger partial charge on any atom is -0.378 e. The Morgan fingerprint density at radius 3 is 2.71 bits per heavy atom. The van der Waals surface area contributed by atoms with Gasteiger partial charge in [0.2, 0.25) is 5.91 Å². The molecule has 2 N–H and O–H groups in total. The maximum absolute atomic E-state index is 12.1. The van der Waals surface area contributed by atoms with Crippen LogP contribution in [0.2, 0.25) is 0 Å². The summed E-state index contributed by atoms with van der Waals surface area (Å²) in [5.74, 6) is 0.0850. The van der Waals surface area contributed by atoms with Crippen molar-refractivity contribution in [2.45, 2.75) is 25.9 Å². The Bertz CT molecular complexity index is 470. The Kier molecular flexibility index (Phi) is 5.59. The zero-order valence-corrected chi connectivity index (χ0v) is 12.9. The van der Waals surface area contributed by atoms with E-state index in [0.717, 1.165) is 26.3 Å². The normalized spacial score (nSPS) is 16.6. The van der Waals surface area contributed by atoms with Gasteiger partial charge in [-0.05, 0) is 18.6 Å². The molecule has 116 valence electrons. The third-order valence-corrected chi connectivity index (χ3v) is 3.67. The van der Waals surface area contributed by atoms with Gasteiger partial charge in [-0.15, -0.1) is 0 Å². The van der Waals surface area contributed by atoms with Gasteiger partial charge >= 0.3 is 0 Å². The van der Waals surface area contributed by atoms with Crippen LogP contribution in [0.5, 0.6) is 0 Å². The van der Waals surface area contributed by atoms with Crippen LogP contribution in [0.4, 0.5) is 5.69 Å². The van der Waals surface area contributed by atoms with Crippen LogP contribution in [0.25, 0.3) is 0 Å². The Hall–Kier alpha value is -1.59. The minimum atomic E-state index is -0.102. The van der Waals surface area contributed by atoms with Crippen molar-refractivity contribution in [2.24, 2.45) is 5.73 Å². The van der Waals surface area contributed by atoms with Gasteiger partial charge in [-0.2, -0.15) is 0 Å². The SMILES string of the molecule is CC(N)CC(=O)N(C)Cc1ccccc1N1CCOCC1. The van der Waals surface area contributed by atoms with E-state index in [9.17, 15) is 4.79 Å². The van der Waals surface area contributed by atoms with Crippen LogP contribution < -0.4 is 10.6 Å². The molecule has 1 fully saturated rings. The summed E-state index contributed by atoms with van der Waals surface area (Å²) in [4.78, 5) is 16.1. The molecule has 1 aliphatic heterocycles. The fourth-order valence-electron chi connectivity index (χ4n) is 2.53. The number of amides is 1. The second kappa shape index (κ2) is 7.43. The third kappa shape index (κ3) is 4.44. The molecule has 0 radical (unpaired) electrons. The molecule has 21 heavy (non-hydrogen) atoms. The van der Waals surface area contributed by atoms with Gasteiger partial charge < -0.3 is 20.3 Å². The second-order valence-electron chi connectivity index (χ2n) is 5.66. The van der Waals surface area contributed by atoms with Gasteiger partial charge in [-0.3, -0.25) is 4.79 Å². The third-order valence-electron chi connectivity index (χ3n) is 3.67. The minimum absolute atomic E-state index is 0.0850. The molecule has 1 atom stereocenters. The van der Waals surface area contributed by atoms with E-state index >= 15 is 0 Å². The molecule has 0 aliphatic carbocycles. The number of nitrogens with zero attached hydrogens (tertiary/aromatic N) is 2. The molecule has 1 aromatic carbocycles. The largest absolute Gasteiger partial charge is 0.378 e. The summed E-state index contributed by atoms with van der Waals surface area (Å²) in [7, 11) is 1.83.